The number of carbonyl (C=O) groups excluding carboxylic acids is 6. The number of fused-ring (bicyclic) bond motifs is 18. The summed E-state index contributed by atoms with van der Waals surface area (Å²) in [5, 5.41) is 11.9. The van der Waals surface area contributed by atoms with Crippen LogP contribution in [0.1, 0.15) is 247 Å². The molecular weight excluding hydrogens is 1740 g/mol. The normalized spacial score (nSPS) is 25.4. The molecule has 3 aliphatic carbocycles. The van der Waals surface area contributed by atoms with Crippen LogP contribution >= 0.6 is 11.6 Å². The Balaban J connectivity index is 0.000000141. The summed E-state index contributed by atoms with van der Waals surface area (Å²) in [5.41, 5.74) is 1.06. The molecule has 704 valence electrons. The van der Waals surface area contributed by atoms with Crippen LogP contribution in [-0.4, -0.2) is 204 Å². The van der Waals surface area contributed by atoms with E-state index in [0.717, 1.165) is 116 Å². The number of hydrogen-bond donors (Lipinski definition) is 7. The van der Waals surface area contributed by atoms with Crippen LogP contribution in [0.15, 0.2) is 106 Å². The predicted octanol–water partition coefficient (Wildman–Crippen LogP) is 12.7. The number of sulfonamides is 3. The van der Waals surface area contributed by atoms with Gasteiger partial charge in [-0.25, -0.2) is 44.1 Å². The summed E-state index contributed by atoms with van der Waals surface area (Å²) in [7, 11) is -12.7. The van der Waals surface area contributed by atoms with Crippen LogP contribution in [0.3, 0.4) is 0 Å². The second-order valence-corrected chi connectivity index (χ2v) is 45.4. The smallest absolute Gasteiger partial charge is 0.281 e. The maximum absolute atomic E-state index is 13.6. The van der Waals surface area contributed by atoms with Gasteiger partial charge in [-0.3, -0.25) is 38.6 Å². The highest BCUT2D eigenvalue weighted by molar-refractivity contribution is 7.90. The van der Waals surface area contributed by atoms with E-state index in [9.17, 15) is 54.0 Å². The number of anilines is 8. The van der Waals surface area contributed by atoms with Crippen LogP contribution in [0.25, 0.3) is 0 Å². The lowest BCUT2D eigenvalue weighted by molar-refractivity contribution is -0.129. The number of aromatic nitrogens is 6. The molecule has 0 aromatic carbocycles. The van der Waals surface area contributed by atoms with Crippen molar-refractivity contribution in [2.45, 2.75) is 266 Å². The molecule has 9 aliphatic heterocycles. The Bertz CT molecular complexity index is 5340. The molecule has 3 unspecified atom stereocenters. The Morgan fingerprint density at radius 1 is 0.385 bits per heavy atom. The first-order valence-corrected chi connectivity index (χ1v) is 51.2. The summed E-state index contributed by atoms with van der Waals surface area (Å²) < 4.78 is 102. The van der Waals surface area contributed by atoms with Gasteiger partial charge in [0.05, 0.1) is 16.7 Å². The third-order valence-corrected chi connectivity index (χ3v) is 31.7. The predicted molar refractivity (Wildman–Crippen MR) is 497 cm³/mol. The van der Waals surface area contributed by atoms with Crippen molar-refractivity contribution >= 4 is 124 Å². The Labute approximate surface area is 769 Å². The van der Waals surface area contributed by atoms with Gasteiger partial charge in [0.1, 0.15) is 70.0 Å². The van der Waals surface area contributed by atoms with Gasteiger partial charge in [0.2, 0.25) is 5.91 Å². The average molecular weight is 1870 g/mol. The molecular formula is C93H127ClN18O15S3. The monoisotopic (exact) mass is 1870 g/mol. The summed E-state index contributed by atoms with van der Waals surface area (Å²) in [6, 6.07) is 23.4. The number of nitrogens with zero attached hydrogens (tertiary/aromatic N) is 11. The van der Waals surface area contributed by atoms with Crippen LogP contribution < -0.4 is 59.9 Å². The minimum atomic E-state index is -4.25. The van der Waals surface area contributed by atoms with Crippen LogP contribution in [0.2, 0.25) is 5.15 Å². The summed E-state index contributed by atoms with van der Waals surface area (Å²) in [4.78, 5) is 114. The van der Waals surface area contributed by atoms with Crippen molar-refractivity contribution in [1.82, 2.24) is 49.4 Å². The van der Waals surface area contributed by atoms with Gasteiger partial charge >= 0.3 is 0 Å². The van der Waals surface area contributed by atoms with Crippen molar-refractivity contribution in [1.29, 1.82) is 0 Å². The second kappa shape index (κ2) is 39.0. The van der Waals surface area contributed by atoms with E-state index in [-0.39, 0.29) is 77.4 Å². The zero-order valence-corrected chi connectivity index (χ0v) is 79.4. The van der Waals surface area contributed by atoms with Crippen LogP contribution in [0.5, 0.6) is 0 Å². The summed E-state index contributed by atoms with van der Waals surface area (Å²) in [6.07, 6.45) is 23.4. The minimum Gasteiger partial charge on any atom is -0.370 e. The molecule has 12 aliphatic rings. The molecule has 130 heavy (non-hydrogen) atoms. The number of hydrogen-bond acceptors (Lipinski definition) is 27. The topological polar surface area (TPSA) is 410 Å². The molecule has 0 spiro atoms. The van der Waals surface area contributed by atoms with E-state index in [1.165, 1.54) is 75.3 Å². The number of pyridine rings is 6. The second-order valence-electron chi connectivity index (χ2n) is 40.1. The van der Waals surface area contributed by atoms with E-state index in [1.54, 1.807) is 70.5 Å². The Morgan fingerprint density at radius 3 is 1.05 bits per heavy atom. The molecule has 15 heterocycles. The molecule has 6 aromatic heterocycles. The molecule has 6 aromatic rings. The summed E-state index contributed by atoms with van der Waals surface area (Å²) in [5.74, 6) is 1.98. The molecule has 6 atom stereocenters. The highest BCUT2D eigenvalue weighted by Gasteiger charge is 2.48. The fraction of sp³-hybridized carbons (Fsp3) is 0.613. The lowest BCUT2D eigenvalue weighted by Crippen LogP contribution is -2.41. The fourth-order valence-corrected chi connectivity index (χ4v) is 22.4. The van der Waals surface area contributed by atoms with Gasteiger partial charge in [0.25, 0.3) is 59.6 Å². The Kier molecular flexibility index (Phi) is 28.5. The SMILES string of the molecule is CC1(C)C[C@@H]2CCCNc3cccc(n3)S(=O)(=O)NC(=O)c3ccc(Cl)nc3N1C2.CC1(CCCOC2CCN(c3ccc4c(n3)N3C[C@@H](CCCNc5cccc(n5)S(=O)(=O)NC4=O)CC3(C)C)C2=O)CC1.CC1(CCCOC2CCN(c3ccc4c(n3)N3C[C@@H](CCCNc5cccc(n5)S(=O)(=O)NC4=O)CC3(C)C)C2=O)CC1.CC1(CCCOC2CCNC2=O)CC1. The quantitative estimate of drug-likeness (QED) is 0.0329. The molecule has 33 nitrogen and oxygen atoms in total. The molecule has 7 N–H and O–H groups in total. The van der Waals surface area contributed by atoms with Gasteiger partial charge in [0.15, 0.2) is 15.1 Å². The number of amides is 6. The highest BCUT2D eigenvalue weighted by atomic mass is 35.5. The van der Waals surface area contributed by atoms with E-state index in [2.05, 4.69) is 132 Å². The van der Waals surface area contributed by atoms with Crippen molar-refractivity contribution in [3.05, 3.63) is 113 Å². The van der Waals surface area contributed by atoms with Crippen molar-refractivity contribution in [3.8, 4) is 0 Å². The van der Waals surface area contributed by atoms with Crippen LogP contribution in [-0.2, 0) is 58.7 Å². The number of nitrogens with one attached hydrogen (secondary N) is 7. The van der Waals surface area contributed by atoms with E-state index in [0.29, 0.717) is 152 Å². The van der Waals surface area contributed by atoms with E-state index in [1.807, 2.05) is 0 Å². The van der Waals surface area contributed by atoms with Crippen molar-refractivity contribution < 1.29 is 68.2 Å². The minimum absolute atomic E-state index is 0.0719. The van der Waals surface area contributed by atoms with Crippen molar-refractivity contribution in [3.63, 3.8) is 0 Å². The van der Waals surface area contributed by atoms with Crippen molar-refractivity contribution in [2.75, 3.05) is 119 Å². The number of ether oxygens (including phenoxy) is 3. The number of halogens is 1. The fourth-order valence-electron chi connectivity index (χ4n) is 19.5. The van der Waals surface area contributed by atoms with Crippen LogP contribution in [0.4, 0.5) is 46.5 Å². The third kappa shape index (κ3) is 23.2. The molecule has 9 fully saturated rings. The number of rotatable bonds is 17. The third-order valence-electron chi connectivity index (χ3n) is 27.8. The molecule has 12 bridgehead atoms. The molecule has 0 radical (unpaired) electrons. The Hall–Kier alpha value is -9.46. The lowest BCUT2D eigenvalue weighted by Gasteiger charge is -2.34. The zero-order chi connectivity index (χ0) is 92.4. The van der Waals surface area contributed by atoms with E-state index in [4.69, 9.17) is 35.8 Å². The van der Waals surface area contributed by atoms with Gasteiger partial charge in [-0.2, -0.15) is 25.3 Å². The van der Waals surface area contributed by atoms with Gasteiger partial charge in [-0.05, 0) is 290 Å². The first-order chi connectivity index (χ1) is 61.7. The van der Waals surface area contributed by atoms with E-state index < -0.39 is 60.0 Å². The summed E-state index contributed by atoms with van der Waals surface area (Å²) in [6.45, 7) is 27.2. The largest absolute Gasteiger partial charge is 0.370 e. The van der Waals surface area contributed by atoms with Gasteiger partial charge in [-0.1, -0.05) is 50.6 Å². The highest BCUT2D eigenvalue weighted by Crippen LogP contribution is 2.51. The lowest BCUT2D eigenvalue weighted by atomic mass is 9.93. The van der Waals surface area contributed by atoms with Gasteiger partial charge < -0.3 is 50.2 Å². The Morgan fingerprint density at radius 2 is 0.715 bits per heavy atom. The molecule has 3 saturated carbocycles. The maximum Gasteiger partial charge on any atom is 0.281 e. The molecule has 6 amide bonds. The molecule has 18 rings (SSSR count). The first-order valence-electron chi connectivity index (χ1n) is 46.3. The van der Waals surface area contributed by atoms with Crippen LogP contribution in [0, 0.1) is 34.0 Å². The first kappa shape index (κ1) is 95.2. The van der Waals surface area contributed by atoms with E-state index >= 15 is 0 Å². The average Bonchev–Trinajstić information content (AvgIpc) is 1.59. The summed E-state index contributed by atoms with van der Waals surface area (Å²) >= 11 is 6.14. The van der Waals surface area contributed by atoms with Crippen molar-refractivity contribution in [2.24, 2.45) is 34.0 Å². The zero-order valence-electron chi connectivity index (χ0n) is 76.2. The molecule has 37 heteroatoms. The maximum atomic E-state index is 13.6. The standard InChI is InChI=1S/2C31H42N6O5S.C20H24ClN5O3S.C11H19NO2/c2*1-30(2)19-21-7-5-16-32-24-8-4-9-26(33-24)43(40,41)35-28(38)22-10-11-25(34-27(22)37(30)20-21)36-17-12-23(29(36)39)42-18-6-13-31(3)14-15-31;1-20(2)11-13-5-4-10-22-16-6-3-7-17(24-16)30(28,29)25-19(27)14-8-9-15(21)23-18(14)26(20)12-13;1-11(5-6-11)4-2-8-14-9-3-7-12-10(9)13/h2*4,8-11,21,23H,5-7,12-20H2,1-3H3,(H,32,33)(H,35,38);3,6-9,13H,4-5,10-12H2,1-2H3,(H,22,24)(H,25,27);9H,2-8H2,1H3,(H,12,13)/t2*21-,23?;13-;/m000./s1. The molecule has 6 saturated heterocycles. The van der Waals surface area contributed by atoms with Gasteiger partial charge in [0, 0.05) is 108 Å². The van der Waals surface area contributed by atoms with Gasteiger partial charge in [-0.15, -0.1) is 0 Å². The number of carbonyl (C=O) groups is 6.